The predicted molar refractivity (Wildman–Crippen MR) is 139 cm³/mol. The fraction of sp³-hybridized carbons (Fsp3) is 0.276. The fourth-order valence-electron chi connectivity index (χ4n) is 5.48. The fourth-order valence-corrected chi connectivity index (χ4v) is 5.48. The number of aromatic nitrogens is 2. The van der Waals surface area contributed by atoms with Gasteiger partial charge in [-0.3, -0.25) is 9.69 Å². The van der Waals surface area contributed by atoms with E-state index >= 15 is 0 Å². The van der Waals surface area contributed by atoms with E-state index in [9.17, 15) is 18.8 Å². The summed E-state index contributed by atoms with van der Waals surface area (Å²) in [6.07, 6.45) is 0. The molecule has 2 aromatic carbocycles. The van der Waals surface area contributed by atoms with E-state index in [-0.39, 0.29) is 35.3 Å². The van der Waals surface area contributed by atoms with Crippen molar-refractivity contribution in [2.45, 2.75) is 32.0 Å². The molecule has 0 bridgehead atoms. The number of hydrogen-bond donors (Lipinski definition) is 0. The first kappa shape index (κ1) is 24.6. The van der Waals surface area contributed by atoms with Gasteiger partial charge in [-0.25, -0.2) is 13.8 Å². The second-order valence-electron chi connectivity index (χ2n) is 9.66. The number of anilines is 1. The van der Waals surface area contributed by atoms with Gasteiger partial charge in [-0.15, -0.1) is 0 Å². The van der Waals surface area contributed by atoms with Crippen LogP contribution in [0.4, 0.5) is 14.5 Å². The standard InChI is InChI=1S/C29H27F2N5O/c1-18-16-35(26-14-27(37)34(3)25-13-12-24(15-32)33-28(25)26)17-19(2)36(18)29(20-4-8-22(30)9-5-20)21-6-10-23(31)11-7-21/h4-14,18-19,29H,16-17H2,1-3H3. The molecule has 0 saturated carbocycles. The zero-order valence-electron chi connectivity index (χ0n) is 20.9. The van der Waals surface area contributed by atoms with Crippen molar-refractivity contribution in [1.29, 1.82) is 5.26 Å². The molecule has 8 heteroatoms. The van der Waals surface area contributed by atoms with Gasteiger partial charge in [0.15, 0.2) is 0 Å². The molecule has 2 unspecified atom stereocenters. The number of hydrogen-bond acceptors (Lipinski definition) is 5. The summed E-state index contributed by atoms with van der Waals surface area (Å²) in [5.74, 6) is -0.622. The highest BCUT2D eigenvalue weighted by molar-refractivity contribution is 5.88. The summed E-state index contributed by atoms with van der Waals surface area (Å²) in [4.78, 5) is 21.8. The molecule has 0 aliphatic carbocycles. The molecule has 6 nitrogen and oxygen atoms in total. The van der Waals surface area contributed by atoms with Crippen LogP contribution in [0, 0.1) is 23.0 Å². The molecule has 37 heavy (non-hydrogen) atoms. The summed E-state index contributed by atoms with van der Waals surface area (Å²) < 4.78 is 29.1. The van der Waals surface area contributed by atoms with Gasteiger partial charge in [0, 0.05) is 38.3 Å². The van der Waals surface area contributed by atoms with Crippen molar-refractivity contribution in [2.75, 3.05) is 18.0 Å². The van der Waals surface area contributed by atoms with Gasteiger partial charge in [-0.05, 0) is 61.4 Å². The molecular weight excluding hydrogens is 472 g/mol. The van der Waals surface area contributed by atoms with E-state index in [4.69, 9.17) is 0 Å². The first-order valence-corrected chi connectivity index (χ1v) is 12.2. The lowest BCUT2D eigenvalue weighted by Crippen LogP contribution is -2.58. The largest absolute Gasteiger partial charge is 0.366 e. The number of piperazine rings is 1. The van der Waals surface area contributed by atoms with Crippen LogP contribution >= 0.6 is 0 Å². The minimum Gasteiger partial charge on any atom is -0.366 e. The van der Waals surface area contributed by atoms with E-state index in [1.54, 1.807) is 49.5 Å². The number of benzene rings is 2. The van der Waals surface area contributed by atoms with E-state index in [0.29, 0.717) is 35.5 Å². The quantitative estimate of drug-likeness (QED) is 0.405. The Kier molecular flexibility index (Phi) is 6.48. The molecule has 188 valence electrons. The highest BCUT2D eigenvalue weighted by atomic mass is 19.1. The van der Waals surface area contributed by atoms with Gasteiger partial charge in [0.1, 0.15) is 28.9 Å². The summed E-state index contributed by atoms with van der Waals surface area (Å²) in [6, 6.07) is 19.8. The van der Waals surface area contributed by atoms with Crippen LogP contribution in [0.25, 0.3) is 11.0 Å². The maximum atomic E-state index is 13.8. The van der Waals surface area contributed by atoms with Gasteiger partial charge in [-0.2, -0.15) is 5.26 Å². The summed E-state index contributed by atoms with van der Waals surface area (Å²) in [6.45, 7) is 5.42. The van der Waals surface area contributed by atoms with Gasteiger partial charge in [0.05, 0.1) is 17.2 Å². The Morgan fingerprint density at radius 1 is 0.919 bits per heavy atom. The van der Waals surface area contributed by atoms with Crippen molar-refractivity contribution < 1.29 is 8.78 Å². The second-order valence-corrected chi connectivity index (χ2v) is 9.66. The Morgan fingerprint density at radius 2 is 1.46 bits per heavy atom. The Balaban J connectivity index is 1.55. The lowest BCUT2D eigenvalue weighted by atomic mass is 9.92. The third-order valence-corrected chi connectivity index (χ3v) is 7.18. The Labute approximate surface area is 214 Å². The first-order valence-electron chi connectivity index (χ1n) is 12.2. The first-order chi connectivity index (χ1) is 17.8. The molecule has 1 aliphatic rings. The zero-order chi connectivity index (χ0) is 26.3. The van der Waals surface area contributed by atoms with Crippen molar-refractivity contribution in [1.82, 2.24) is 14.5 Å². The average Bonchev–Trinajstić information content (AvgIpc) is 2.89. The molecule has 2 atom stereocenters. The lowest BCUT2D eigenvalue weighted by molar-refractivity contribution is 0.0964. The summed E-state index contributed by atoms with van der Waals surface area (Å²) in [5.41, 5.74) is 3.96. The molecule has 0 radical (unpaired) electrons. The van der Waals surface area contributed by atoms with Crippen molar-refractivity contribution in [3.05, 3.63) is 106 Å². The molecule has 1 saturated heterocycles. The molecular formula is C29H27F2N5O. The molecule has 0 amide bonds. The smallest absolute Gasteiger partial charge is 0.252 e. The third-order valence-electron chi connectivity index (χ3n) is 7.18. The van der Waals surface area contributed by atoms with Gasteiger partial charge in [0.25, 0.3) is 5.56 Å². The van der Waals surface area contributed by atoms with E-state index in [1.807, 2.05) is 0 Å². The Bertz CT molecular complexity index is 1490. The normalized spacial score (nSPS) is 18.4. The Hall–Kier alpha value is -4.09. The van der Waals surface area contributed by atoms with Crippen molar-refractivity contribution in [2.24, 2.45) is 7.05 Å². The van der Waals surface area contributed by atoms with Crippen molar-refractivity contribution in [3.8, 4) is 6.07 Å². The molecule has 0 N–H and O–H groups in total. The summed E-state index contributed by atoms with van der Waals surface area (Å²) >= 11 is 0. The van der Waals surface area contributed by atoms with Crippen molar-refractivity contribution in [3.63, 3.8) is 0 Å². The number of halogens is 2. The second kappa shape index (κ2) is 9.75. The lowest BCUT2D eigenvalue weighted by Gasteiger charge is -2.49. The molecule has 3 heterocycles. The third kappa shape index (κ3) is 4.58. The number of nitrogens with zero attached hydrogens (tertiary/aromatic N) is 5. The maximum absolute atomic E-state index is 13.8. The number of pyridine rings is 2. The Morgan fingerprint density at radius 3 is 1.97 bits per heavy atom. The number of rotatable bonds is 4. The predicted octanol–water partition coefficient (Wildman–Crippen LogP) is 4.77. The molecule has 2 aromatic heterocycles. The van der Waals surface area contributed by atoms with Gasteiger partial charge in [-0.1, -0.05) is 24.3 Å². The van der Waals surface area contributed by atoms with Crippen LogP contribution < -0.4 is 10.5 Å². The molecule has 1 fully saturated rings. The average molecular weight is 500 g/mol. The van der Waals surface area contributed by atoms with Crippen LogP contribution in [0.3, 0.4) is 0 Å². The van der Waals surface area contributed by atoms with Crippen LogP contribution in [0.1, 0.15) is 36.7 Å². The van der Waals surface area contributed by atoms with Gasteiger partial charge < -0.3 is 9.47 Å². The minimum atomic E-state index is -0.311. The van der Waals surface area contributed by atoms with Gasteiger partial charge >= 0.3 is 0 Å². The summed E-state index contributed by atoms with van der Waals surface area (Å²) in [7, 11) is 1.70. The minimum absolute atomic E-state index is 0.0158. The summed E-state index contributed by atoms with van der Waals surface area (Å²) in [5, 5.41) is 9.40. The topological polar surface area (TPSA) is 65.2 Å². The molecule has 0 spiro atoms. The van der Waals surface area contributed by atoms with Crippen LogP contribution in [-0.4, -0.2) is 39.6 Å². The van der Waals surface area contributed by atoms with Crippen LogP contribution in [-0.2, 0) is 7.05 Å². The van der Waals surface area contributed by atoms with Crippen molar-refractivity contribution >= 4 is 16.7 Å². The van der Waals surface area contributed by atoms with Gasteiger partial charge in [0.2, 0.25) is 0 Å². The van der Waals surface area contributed by atoms with E-state index in [2.05, 4.69) is 34.7 Å². The number of aryl methyl sites for hydroxylation is 1. The highest BCUT2D eigenvalue weighted by Gasteiger charge is 2.36. The molecule has 1 aliphatic heterocycles. The van der Waals surface area contributed by atoms with E-state index in [0.717, 1.165) is 11.1 Å². The van der Waals surface area contributed by atoms with Crippen LogP contribution in [0.15, 0.2) is 71.5 Å². The number of nitriles is 1. The number of fused-ring (bicyclic) bond motifs is 1. The van der Waals surface area contributed by atoms with Crippen LogP contribution in [0.2, 0.25) is 0 Å². The molecule has 4 aromatic rings. The highest BCUT2D eigenvalue weighted by Crippen LogP contribution is 2.36. The van der Waals surface area contributed by atoms with Crippen LogP contribution in [0.5, 0.6) is 0 Å². The molecule has 5 rings (SSSR count). The van der Waals surface area contributed by atoms with E-state index < -0.39 is 0 Å². The maximum Gasteiger partial charge on any atom is 0.252 e. The SMILES string of the molecule is CC1CN(c2cc(=O)n(C)c3ccc(C#N)nc23)CC(C)N1C(c1ccc(F)cc1)c1ccc(F)cc1. The monoisotopic (exact) mass is 499 g/mol. The van der Waals surface area contributed by atoms with E-state index in [1.165, 1.54) is 28.8 Å². The zero-order valence-corrected chi connectivity index (χ0v) is 20.9.